The second-order valence-electron chi connectivity index (χ2n) is 13.0. The monoisotopic (exact) mass is 601 g/mol. The summed E-state index contributed by atoms with van der Waals surface area (Å²) in [5, 5.41) is 1.54. The van der Waals surface area contributed by atoms with Crippen molar-refractivity contribution in [3.63, 3.8) is 0 Å². The molecule has 1 aliphatic carbocycles. The van der Waals surface area contributed by atoms with Gasteiger partial charge in [-0.05, 0) is 99.7 Å². The standard InChI is InChI=1S/C34H37ClFN5O2/c1-21(36)32(42)40-16-11-29-30(40)19-41(29)31-26-17-27(35)25(24-10-4-8-22-7-2-3-9-23(22)24)18-28(26)37-33(38-31)43-20-34-12-5-14-39(34)15-6-13-34/h4,8,10,17-18,29-30H,1-3,5-7,9,11-16,19-20H2/t29?,30-/m1/s1. The summed E-state index contributed by atoms with van der Waals surface area (Å²) >= 11 is 7.06. The Morgan fingerprint density at radius 1 is 1.05 bits per heavy atom. The maximum Gasteiger partial charge on any atom is 0.319 e. The number of rotatable bonds is 6. The smallest absolute Gasteiger partial charge is 0.319 e. The maximum absolute atomic E-state index is 13.7. The van der Waals surface area contributed by atoms with Crippen LogP contribution in [0.3, 0.4) is 0 Å². The molecule has 0 spiro atoms. The third-order valence-electron chi connectivity index (χ3n) is 10.8. The molecule has 0 radical (unpaired) electrons. The highest BCUT2D eigenvalue weighted by molar-refractivity contribution is 6.34. The lowest BCUT2D eigenvalue weighted by Crippen LogP contribution is -2.63. The van der Waals surface area contributed by atoms with Crippen LogP contribution in [0.2, 0.25) is 5.02 Å². The van der Waals surface area contributed by atoms with Gasteiger partial charge >= 0.3 is 6.01 Å². The zero-order valence-electron chi connectivity index (χ0n) is 24.5. The minimum absolute atomic E-state index is 0.0487. The van der Waals surface area contributed by atoms with Gasteiger partial charge in [0, 0.05) is 29.1 Å². The van der Waals surface area contributed by atoms with Gasteiger partial charge in [0.15, 0.2) is 5.83 Å². The number of likely N-dealkylation sites (tertiary alicyclic amines) is 1. The van der Waals surface area contributed by atoms with E-state index in [9.17, 15) is 9.18 Å². The Labute approximate surface area is 256 Å². The molecule has 0 N–H and O–H groups in total. The number of halogens is 2. The first-order valence-corrected chi connectivity index (χ1v) is 16.2. The molecule has 43 heavy (non-hydrogen) atoms. The zero-order chi connectivity index (χ0) is 29.3. The normalized spacial score (nSPS) is 24.0. The van der Waals surface area contributed by atoms with Gasteiger partial charge in [0.2, 0.25) is 0 Å². The van der Waals surface area contributed by atoms with Crippen LogP contribution in [0.25, 0.3) is 22.0 Å². The lowest BCUT2D eigenvalue weighted by atomic mass is 9.85. The van der Waals surface area contributed by atoms with Crippen LogP contribution in [0.1, 0.15) is 56.1 Å². The van der Waals surface area contributed by atoms with Gasteiger partial charge in [-0.3, -0.25) is 9.69 Å². The van der Waals surface area contributed by atoms with Crippen LogP contribution in [0.4, 0.5) is 10.2 Å². The molecule has 4 aliphatic heterocycles. The van der Waals surface area contributed by atoms with Crippen molar-refractivity contribution in [3.8, 4) is 17.1 Å². The van der Waals surface area contributed by atoms with Crippen LogP contribution in [-0.2, 0) is 17.6 Å². The van der Waals surface area contributed by atoms with E-state index in [1.54, 1.807) is 4.90 Å². The first kappa shape index (κ1) is 27.3. The molecule has 8 rings (SSSR count). The molecule has 0 bridgehead atoms. The first-order valence-electron chi connectivity index (χ1n) is 15.8. The van der Waals surface area contributed by atoms with Crippen LogP contribution in [0.15, 0.2) is 42.7 Å². The Balaban J connectivity index is 1.19. The number of fused-ring (bicyclic) bond motifs is 4. The molecule has 1 aromatic heterocycles. The fourth-order valence-corrected chi connectivity index (χ4v) is 8.83. The molecular formula is C34H37ClFN5O2. The van der Waals surface area contributed by atoms with Gasteiger partial charge in [0.05, 0.1) is 23.1 Å². The summed E-state index contributed by atoms with van der Waals surface area (Å²) in [7, 11) is 0. The van der Waals surface area contributed by atoms with E-state index in [0.717, 1.165) is 67.5 Å². The van der Waals surface area contributed by atoms with E-state index in [0.29, 0.717) is 30.7 Å². The number of anilines is 1. The predicted molar refractivity (Wildman–Crippen MR) is 166 cm³/mol. The van der Waals surface area contributed by atoms with Gasteiger partial charge in [-0.15, -0.1) is 0 Å². The van der Waals surface area contributed by atoms with E-state index in [2.05, 4.69) is 40.6 Å². The molecule has 1 amide bonds. The highest BCUT2D eigenvalue weighted by Gasteiger charge is 2.50. The van der Waals surface area contributed by atoms with Gasteiger partial charge in [-0.2, -0.15) is 9.97 Å². The number of carbonyl (C=O) groups excluding carboxylic acids is 1. The summed E-state index contributed by atoms with van der Waals surface area (Å²) in [5.41, 5.74) is 5.84. The van der Waals surface area contributed by atoms with Crippen molar-refractivity contribution in [2.75, 3.05) is 37.7 Å². The summed E-state index contributed by atoms with van der Waals surface area (Å²) in [6.45, 7) is 7.15. The Kier molecular flexibility index (Phi) is 6.64. The average Bonchev–Trinajstić information content (AvgIpc) is 3.68. The fraction of sp³-hybridized carbons (Fsp3) is 0.500. The van der Waals surface area contributed by atoms with Gasteiger partial charge in [0.25, 0.3) is 5.91 Å². The Morgan fingerprint density at radius 3 is 2.67 bits per heavy atom. The predicted octanol–water partition coefficient (Wildman–Crippen LogP) is 6.11. The number of carbonyl (C=O) groups is 1. The second kappa shape index (κ2) is 10.4. The van der Waals surface area contributed by atoms with Gasteiger partial charge in [-0.1, -0.05) is 36.4 Å². The third-order valence-corrected chi connectivity index (χ3v) is 11.1. The molecule has 5 aliphatic rings. The molecule has 4 saturated heterocycles. The van der Waals surface area contributed by atoms with E-state index in [4.69, 9.17) is 26.3 Å². The molecule has 4 fully saturated rings. The van der Waals surface area contributed by atoms with Crippen molar-refractivity contribution < 1.29 is 13.9 Å². The number of nitrogens with zero attached hydrogens (tertiary/aromatic N) is 5. The molecule has 2 atom stereocenters. The highest BCUT2D eigenvalue weighted by Crippen LogP contribution is 2.44. The number of aromatic nitrogens is 2. The largest absolute Gasteiger partial charge is 0.461 e. The Bertz CT molecular complexity index is 1630. The molecule has 5 heterocycles. The molecule has 9 heteroatoms. The Hall–Kier alpha value is -3.23. The molecular weight excluding hydrogens is 565 g/mol. The molecule has 224 valence electrons. The van der Waals surface area contributed by atoms with Gasteiger partial charge < -0.3 is 14.5 Å². The number of amides is 1. The third kappa shape index (κ3) is 4.43. The van der Waals surface area contributed by atoms with Gasteiger partial charge in [-0.25, -0.2) is 4.39 Å². The van der Waals surface area contributed by atoms with Gasteiger partial charge in [0.1, 0.15) is 12.4 Å². The topological polar surface area (TPSA) is 61.8 Å². The molecule has 3 aromatic rings. The molecule has 2 aromatic carbocycles. The van der Waals surface area contributed by atoms with Crippen molar-refractivity contribution >= 4 is 34.2 Å². The highest BCUT2D eigenvalue weighted by atomic mass is 35.5. The number of aryl methyl sites for hydroxylation is 1. The molecule has 7 nitrogen and oxygen atoms in total. The average molecular weight is 602 g/mol. The van der Waals surface area contributed by atoms with Crippen LogP contribution in [0.5, 0.6) is 6.01 Å². The van der Waals surface area contributed by atoms with Crippen LogP contribution >= 0.6 is 11.6 Å². The number of hydrogen-bond donors (Lipinski definition) is 0. The summed E-state index contributed by atoms with van der Waals surface area (Å²) < 4.78 is 20.2. The quantitative estimate of drug-likeness (QED) is 0.318. The summed E-state index contributed by atoms with van der Waals surface area (Å²) in [5.74, 6) is -0.748. The minimum atomic E-state index is -0.906. The van der Waals surface area contributed by atoms with E-state index >= 15 is 0 Å². The zero-order valence-corrected chi connectivity index (χ0v) is 25.2. The molecule has 1 unspecified atom stereocenters. The summed E-state index contributed by atoms with van der Waals surface area (Å²) in [4.78, 5) is 28.8. The van der Waals surface area contributed by atoms with E-state index in [-0.39, 0.29) is 17.6 Å². The van der Waals surface area contributed by atoms with E-state index < -0.39 is 11.7 Å². The van der Waals surface area contributed by atoms with E-state index in [1.807, 2.05) is 6.07 Å². The SMILES string of the molecule is C=C(F)C(=O)N1CCC2[C@H]1CN2c1nc(OCC23CCCN2CCC3)nc2cc(-c3cccc4c3CCCC4)c(Cl)cc12. The first-order chi connectivity index (χ1) is 20.9. The summed E-state index contributed by atoms with van der Waals surface area (Å²) in [6.07, 6.45) is 10.00. The number of ether oxygens (including phenoxy) is 1. The van der Waals surface area contributed by atoms with E-state index in [1.165, 1.54) is 42.4 Å². The van der Waals surface area contributed by atoms with Crippen LogP contribution in [-0.4, -0.2) is 76.1 Å². The maximum atomic E-state index is 13.7. The van der Waals surface area contributed by atoms with Crippen molar-refractivity contribution in [1.29, 1.82) is 0 Å². The van der Waals surface area contributed by atoms with Crippen molar-refractivity contribution in [2.45, 2.75) is 75.4 Å². The lowest BCUT2D eigenvalue weighted by molar-refractivity contribution is -0.130. The summed E-state index contributed by atoms with van der Waals surface area (Å²) in [6, 6.07) is 11.0. The Morgan fingerprint density at radius 2 is 1.86 bits per heavy atom. The van der Waals surface area contributed by atoms with Crippen molar-refractivity contribution in [1.82, 2.24) is 19.8 Å². The second-order valence-corrected chi connectivity index (χ2v) is 13.4. The minimum Gasteiger partial charge on any atom is -0.461 e. The van der Waals surface area contributed by atoms with Crippen LogP contribution < -0.4 is 9.64 Å². The fourth-order valence-electron chi connectivity index (χ4n) is 8.57. The number of hydrogen-bond acceptors (Lipinski definition) is 6. The molecule has 0 saturated carbocycles. The van der Waals surface area contributed by atoms with Crippen LogP contribution in [0, 0.1) is 0 Å². The number of benzene rings is 2. The van der Waals surface area contributed by atoms with Crippen molar-refractivity contribution in [3.05, 3.63) is 58.9 Å². The van der Waals surface area contributed by atoms with Crippen molar-refractivity contribution in [2.24, 2.45) is 0 Å². The lowest BCUT2D eigenvalue weighted by Gasteiger charge is -2.47.